The fraction of sp³-hybridized carbons (Fsp3) is 0.138. The van der Waals surface area contributed by atoms with Crippen molar-refractivity contribution in [2.45, 2.75) is 24.3 Å². The highest BCUT2D eigenvalue weighted by Crippen LogP contribution is 2.39. The number of pyridine rings is 1. The molecular weight excluding hydrogens is 561 g/mol. The van der Waals surface area contributed by atoms with Crippen LogP contribution in [0.15, 0.2) is 72.7 Å². The number of rotatable bonds is 7. The molecule has 2 heterocycles. The molecule has 41 heavy (non-hydrogen) atoms. The number of hydrazine groups is 2. The van der Waals surface area contributed by atoms with Crippen molar-refractivity contribution >= 4 is 59.0 Å². The largest absolute Gasteiger partial charge is 0.378 e. The predicted molar refractivity (Wildman–Crippen MR) is 158 cm³/mol. The number of nitrogens with zero attached hydrogens (tertiary/aromatic N) is 4. The van der Waals surface area contributed by atoms with Gasteiger partial charge in [0.25, 0.3) is 0 Å². The molecule has 1 saturated carbocycles. The molecule has 12 heteroatoms. The highest BCUT2D eigenvalue weighted by Gasteiger charge is 2.37. The Labute approximate surface area is 246 Å². The lowest BCUT2D eigenvalue weighted by Crippen LogP contribution is -2.45. The Morgan fingerprint density at radius 1 is 1.07 bits per heavy atom. The van der Waals surface area contributed by atoms with Crippen molar-refractivity contribution < 1.29 is 4.39 Å². The molecule has 2 aliphatic rings. The molecule has 200 valence electrons. The number of anilines is 3. The minimum absolute atomic E-state index is 0.229. The lowest BCUT2D eigenvalue weighted by molar-refractivity contribution is 0.260. The molecule has 1 fully saturated rings. The molecule has 1 unspecified atom stereocenters. The summed E-state index contributed by atoms with van der Waals surface area (Å²) in [6, 6.07) is 19.0. The molecule has 0 bridgehead atoms. The summed E-state index contributed by atoms with van der Waals surface area (Å²) in [5, 5.41) is 29.2. The van der Waals surface area contributed by atoms with Gasteiger partial charge in [-0.15, -0.1) is 5.53 Å². The van der Waals surface area contributed by atoms with Gasteiger partial charge in [-0.1, -0.05) is 41.4 Å². The van der Waals surface area contributed by atoms with Gasteiger partial charge in [-0.2, -0.15) is 10.5 Å². The van der Waals surface area contributed by atoms with Gasteiger partial charge in [0.2, 0.25) is 0 Å². The quantitative estimate of drug-likeness (QED) is 0.199. The average Bonchev–Trinajstić information content (AvgIpc) is 3.69. The van der Waals surface area contributed by atoms with E-state index >= 15 is 0 Å². The second-order valence-corrected chi connectivity index (χ2v) is 10.6. The van der Waals surface area contributed by atoms with Crippen LogP contribution in [0.2, 0.25) is 10.0 Å². The number of halogens is 3. The Kier molecular flexibility index (Phi) is 6.84. The van der Waals surface area contributed by atoms with Gasteiger partial charge in [0.1, 0.15) is 25.8 Å². The van der Waals surface area contributed by atoms with Crippen LogP contribution in [0.25, 0.3) is 10.9 Å². The van der Waals surface area contributed by atoms with E-state index in [2.05, 4.69) is 38.7 Å². The van der Waals surface area contributed by atoms with E-state index in [9.17, 15) is 14.9 Å². The van der Waals surface area contributed by atoms with Gasteiger partial charge in [-0.25, -0.2) is 4.39 Å². The summed E-state index contributed by atoms with van der Waals surface area (Å²) < 4.78 is 13.9. The van der Waals surface area contributed by atoms with Crippen LogP contribution in [0.3, 0.4) is 0 Å². The van der Waals surface area contributed by atoms with Gasteiger partial charge in [0, 0.05) is 29.5 Å². The standard InChI is InChI=1S/C29H20BCl2FN8/c30-29(17-4-6-18(33)7-5-17,26-15-41(40-39-26)20-8-9-20)38-19-10-21-27(16(12-34)14-36-28(21)24(32)11-19)37-25-3-1-2-23(31)22(25)13-35/h1-7,10-11,14-15,20,38-40H,8-9H2,(H,36,37). The van der Waals surface area contributed by atoms with Crippen molar-refractivity contribution in [2.24, 2.45) is 0 Å². The molecule has 8 nitrogen and oxygen atoms in total. The fourth-order valence-electron chi connectivity index (χ4n) is 4.74. The molecule has 1 aliphatic heterocycles. The summed E-state index contributed by atoms with van der Waals surface area (Å²) in [7, 11) is 7.05. The first-order chi connectivity index (χ1) is 19.8. The molecule has 2 radical (unpaired) electrons. The van der Waals surface area contributed by atoms with Crippen LogP contribution in [0.1, 0.15) is 29.5 Å². The molecule has 3 aromatic carbocycles. The van der Waals surface area contributed by atoms with Crippen molar-refractivity contribution in [3.8, 4) is 12.1 Å². The van der Waals surface area contributed by atoms with E-state index in [4.69, 9.17) is 31.0 Å². The van der Waals surface area contributed by atoms with E-state index in [1.807, 2.05) is 11.2 Å². The van der Waals surface area contributed by atoms with Gasteiger partial charge in [-0.3, -0.25) is 9.99 Å². The summed E-state index contributed by atoms with van der Waals surface area (Å²) in [5.74, 6) is -0.389. The second-order valence-electron chi connectivity index (χ2n) is 9.77. The topological polar surface area (TPSA) is 112 Å². The van der Waals surface area contributed by atoms with Gasteiger partial charge in [0.15, 0.2) is 0 Å². The molecule has 0 saturated heterocycles. The second kappa shape index (κ2) is 10.5. The smallest absolute Gasteiger partial charge is 0.123 e. The molecule has 6 rings (SSSR count). The Morgan fingerprint density at radius 2 is 1.85 bits per heavy atom. The highest BCUT2D eigenvalue weighted by atomic mass is 35.5. The maximum absolute atomic E-state index is 13.9. The SMILES string of the molecule is [B]C(Nc1cc(Cl)c2ncc(C#N)c(Nc3cccc(Cl)c3C#N)c2c1)(C1=CN(C2CC2)NN1)c1ccc(F)cc1. The van der Waals surface area contributed by atoms with Gasteiger partial charge in [-0.05, 0) is 54.8 Å². The summed E-state index contributed by atoms with van der Waals surface area (Å²) >= 11 is 13.0. The van der Waals surface area contributed by atoms with Crippen LogP contribution in [-0.4, -0.2) is 23.9 Å². The Bertz CT molecular complexity index is 1800. The van der Waals surface area contributed by atoms with E-state index in [1.54, 1.807) is 42.5 Å². The summed E-state index contributed by atoms with van der Waals surface area (Å²) in [5.41, 5.74) is 8.35. The van der Waals surface area contributed by atoms with Gasteiger partial charge >= 0.3 is 0 Å². The Hall–Kier alpha value is -4.48. The number of aromatic nitrogens is 1. The van der Waals surface area contributed by atoms with Crippen molar-refractivity contribution in [1.29, 1.82) is 10.5 Å². The van der Waals surface area contributed by atoms with E-state index < -0.39 is 5.44 Å². The molecular formula is C29H20BCl2FN8. The third-order valence-electron chi connectivity index (χ3n) is 7.02. The molecule has 1 aromatic heterocycles. The zero-order chi connectivity index (χ0) is 28.7. The minimum atomic E-state index is -1.34. The molecule has 0 spiro atoms. The molecule has 1 atom stereocenters. The lowest BCUT2D eigenvalue weighted by atomic mass is 9.69. The van der Waals surface area contributed by atoms with Crippen LogP contribution in [0.4, 0.5) is 21.5 Å². The summed E-state index contributed by atoms with van der Waals surface area (Å²) in [6.45, 7) is 0. The zero-order valence-corrected chi connectivity index (χ0v) is 22.9. The minimum Gasteiger partial charge on any atom is -0.378 e. The third-order valence-corrected chi connectivity index (χ3v) is 7.63. The third kappa shape index (κ3) is 4.98. The molecule has 4 aromatic rings. The molecule has 0 amide bonds. The zero-order valence-electron chi connectivity index (χ0n) is 21.3. The van der Waals surface area contributed by atoms with Crippen LogP contribution in [-0.2, 0) is 5.44 Å². The van der Waals surface area contributed by atoms with E-state index in [-0.39, 0.29) is 22.0 Å². The normalized spacial score (nSPS) is 15.8. The lowest BCUT2D eigenvalue weighted by Gasteiger charge is -2.34. The number of fused-ring (bicyclic) bond motifs is 1. The fourth-order valence-corrected chi connectivity index (χ4v) is 5.23. The summed E-state index contributed by atoms with van der Waals surface area (Å²) in [6.07, 6.45) is 5.42. The van der Waals surface area contributed by atoms with Crippen LogP contribution < -0.4 is 21.6 Å². The van der Waals surface area contributed by atoms with E-state index in [0.717, 1.165) is 12.8 Å². The molecule has 4 N–H and O–H groups in total. The first kappa shape index (κ1) is 26.7. The Balaban J connectivity index is 1.47. The van der Waals surface area contributed by atoms with Crippen LogP contribution in [0.5, 0.6) is 0 Å². The molecule has 1 aliphatic carbocycles. The maximum atomic E-state index is 13.9. The first-order valence-corrected chi connectivity index (χ1v) is 13.4. The van der Waals surface area contributed by atoms with Crippen LogP contribution in [0, 0.1) is 28.5 Å². The van der Waals surface area contributed by atoms with Crippen molar-refractivity contribution in [3.63, 3.8) is 0 Å². The predicted octanol–water partition coefficient (Wildman–Crippen LogP) is 5.93. The van der Waals surface area contributed by atoms with Crippen molar-refractivity contribution in [3.05, 3.63) is 105 Å². The highest BCUT2D eigenvalue weighted by molar-refractivity contribution is 6.36. The Morgan fingerprint density at radius 3 is 2.56 bits per heavy atom. The monoisotopic (exact) mass is 580 g/mol. The van der Waals surface area contributed by atoms with Crippen molar-refractivity contribution in [1.82, 2.24) is 21.0 Å². The van der Waals surface area contributed by atoms with Gasteiger partial charge in [0.05, 0.1) is 49.2 Å². The number of hydrogen-bond donors (Lipinski definition) is 4. The maximum Gasteiger partial charge on any atom is 0.123 e. The average molecular weight is 581 g/mol. The first-order valence-electron chi connectivity index (χ1n) is 12.6. The number of nitrogens with one attached hydrogen (secondary N) is 4. The van der Waals surface area contributed by atoms with Crippen molar-refractivity contribution in [2.75, 3.05) is 10.6 Å². The van der Waals surface area contributed by atoms with Gasteiger partial charge < -0.3 is 16.1 Å². The number of benzene rings is 3. The van der Waals surface area contributed by atoms with Crippen LogP contribution >= 0.6 is 23.2 Å². The van der Waals surface area contributed by atoms with E-state index in [1.165, 1.54) is 18.3 Å². The number of hydrogen-bond acceptors (Lipinski definition) is 8. The number of nitriles is 2. The van der Waals surface area contributed by atoms with E-state index in [0.29, 0.717) is 50.3 Å². The summed E-state index contributed by atoms with van der Waals surface area (Å²) in [4.78, 5) is 4.41.